The van der Waals surface area contributed by atoms with Gasteiger partial charge < -0.3 is 14.8 Å². The van der Waals surface area contributed by atoms with E-state index in [4.69, 9.17) is 9.47 Å². The van der Waals surface area contributed by atoms with Crippen molar-refractivity contribution in [1.29, 1.82) is 0 Å². The number of thiazole rings is 1. The molecule has 3 rings (SSSR count). The summed E-state index contributed by atoms with van der Waals surface area (Å²) in [4.78, 5) is 5.53. The molecule has 0 amide bonds. The molecule has 0 bridgehead atoms. The van der Waals surface area contributed by atoms with Crippen molar-refractivity contribution in [1.82, 2.24) is 10.3 Å². The van der Waals surface area contributed by atoms with E-state index in [0.29, 0.717) is 19.3 Å². The predicted molar refractivity (Wildman–Crippen MR) is 79.8 cm³/mol. The van der Waals surface area contributed by atoms with Crippen LogP contribution in [0, 0.1) is 6.92 Å². The number of hydrogen-bond acceptors (Lipinski definition) is 5. The summed E-state index contributed by atoms with van der Waals surface area (Å²) >= 11 is 1.68. The lowest BCUT2D eigenvalue weighted by Gasteiger charge is -2.08. The molecular formula is C15H18N2O2S. The first-order valence-electron chi connectivity index (χ1n) is 6.73. The number of benzene rings is 1. The molecule has 0 saturated heterocycles. The van der Waals surface area contributed by atoms with E-state index in [1.165, 1.54) is 10.4 Å². The van der Waals surface area contributed by atoms with Gasteiger partial charge in [0.15, 0.2) is 0 Å². The van der Waals surface area contributed by atoms with Crippen LogP contribution in [-0.2, 0) is 6.42 Å². The molecule has 1 aliphatic rings. The van der Waals surface area contributed by atoms with Crippen molar-refractivity contribution in [2.75, 3.05) is 20.3 Å². The van der Waals surface area contributed by atoms with Crippen LogP contribution in [-0.4, -0.2) is 25.2 Å². The molecule has 1 aromatic carbocycles. The molecule has 0 aliphatic carbocycles. The number of fused-ring (bicyclic) bond motifs is 1. The number of ether oxygens (including phenoxy) is 2. The van der Waals surface area contributed by atoms with Gasteiger partial charge in [0.05, 0.1) is 23.9 Å². The number of aryl methyl sites for hydroxylation is 1. The minimum Gasteiger partial charge on any atom is -0.493 e. The number of hydrogen-bond donors (Lipinski definition) is 1. The third-order valence-corrected chi connectivity index (χ3v) is 4.55. The van der Waals surface area contributed by atoms with Gasteiger partial charge in [-0.2, -0.15) is 0 Å². The zero-order valence-electron chi connectivity index (χ0n) is 11.7. The summed E-state index contributed by atoms with van der Waals surface area (Å²) in [5.41, 5.74) is 4.19. The molecule has 106 valence electrons. The average molecular weight is 290 g/mol. The Labute approximate surface area is 122 Å². The van der Waals surface area contributed by atoms with Gasteiger partial charge >= 0.3 is 0 Å². The van der Waals surface area contributed by atoms with Crippen LogP contribution in [0.4, 0.5) is 0 Å². The highest BCUT2D eigenvalue weighted by Gasteiger charge is 2.22. The van der Waals surface area contributed by atoms with Gasteiger partial charge in [-0.05, 0) is 26.1 Å². The summed E-state index contributed by atoms with van der Waals surface area (Å²) in [5, 5.41) is 3.24. The van der Waals surface area contributed by atoms with Gasteiger partial charge in [-0.1, -0.05) is 0 Å². The third kappa shape index (κ3) is 2.64. The largest absolute Gasteiger partial charge is 0.493 e. The molecular weight excluding hydrogens is 272 g/mol. The van der Waals surface area contributed by atoms with Crippen molar-refractivity contribution in [3.05, 3.63) is 39.8 Å². The second-order valence-electron chi connectivity index (χ2n) is 4.81. The molecule has 5 heteroatoms. The zero-order chi connectivity index (χ0) is 13.9. The first-order valence-corrected chi connectivity index (χ1v) is 7.61. The Balaban J connectivity index is 1.60. The minimum absolute atomic E-state index is 0.291. The number of nitrogens with zero attached hydrogens (tertiary/aromatic N) is 1. The van der Waals surface area contributed by atoms with Crippen LogP contribution in [0.1, 0.15) is 22.2 Å². The minimum atomic E-state index is 0.291. The maximum absolute atomic E-state index is 5.81. The SMILES string of the molecule is CNC1COc2cc(OCCc3scnc3C)ccc21. The van der Waals surface area contributed by atoms with Gasteiger partial charge in [0.25, 0.3) is 0 Å². The monoisotopic (exact) mass is 290 g/mol. The maximum Gasteiger partial charge on any atom is 0.127 e. The molecule has 1 aromatic heterocycles. The van der Waals surface area contributed by atoms with E-state index >= 15 is 0 Å². The van der Waals surface area contributed by atoms with Gasteiger partial charge in [0, 0.05) is 22.9 Å². The van der Waals surface area contributed by atoms with E-state index in [2.05, 4.69) is 16.4 Å². The van der Waals surface area contributed by atoms with Crippen LogP contribution >= 0.6 is 11.3 Å². The molecule has 0 saturated carbocycles. The Morgan fingerprint density at radius 2 is 2.40 bits per heavy atom. The summed E-state index contributed by atoms with van der Waals surface area (Å²) in [6.45, 7) is 3.39. The van der Waals surface area contributed by atoms with Crippen LogP contribution in [0.3, 0.4) is 0 Å². The summed E-state index contributed by atoms with van der Waals surface area (Å²) in [6, 6.07) is 6.36. The summed E-state index contributed by atoms with van der Waals surface area (Å²) in [6.07, 6.45) is 0.896. The fourth-order valence-corrected chi connectivity index (χ4v) is 3.11. The standard InChI is InChI=1S/C15H18N2O2S/c1-10-15(20-9-17-10)5-6-18-11-3-4-12-13(16-2)8-19-14(12)7-11/h3-4,7,9,13,16H,5-6,8H2,1-2H3. The van der Waals surface area contributed by atoms with E-state index in [1.54, 1.807) is 11.3 Å². The first-order chi connectivity index (χ1) is 9.78. The molecule has 1 atom stereocenters. The highest BCUT2D eigenvalue weighted by atomic mass is 32.1. The fourth-order valence-electron chi connectivity index (χ4n) is 2.35. The Bertz CT molecular complexity index is 597. The maximum atomic E-state index is 5.81. The quantitative estimate of drug-likeness (QED) is 0.919. The van der Waals surface area contributed by atoms with Crippen molar-refractivity contribution in [3.8, 4) is 11.5 Å². The summed E-state index contributed by atoms with van der Waals surface area (Å²) in [5.74, 6) is 1.79. The second-order valence-corrected chi connectivity index (χ2v) is 5.75. The highest BCUT2D eigenvalue weighted by molar-refractivity contribution is 7.09. The summed E-state index contributed by atoms with van der Waals surface area (Å²) < 4.78 is 11.5. The van der Waals surface area contributed by atoms with Crippen molar-refractivity contribution in [2.45, 2.75) is 19.4 Å². The average Bonchev–Trinajstić information content (AvgIpc) is 3.05. The molecule has 1 N–H and O–H groups in total. The van der Waals surface area contributed by atoms with Gasteiger partial charge in [0.1, 0.15) is 18.1 Å². The van der Waals surface area contributed by atoms with Crippen molar-refractivity contribution in [2.24, 2.45) is 0 Å². The normalized spacial score (nSPS) is 16.8. The lowest BCUT2D eigenvalue weighted by molar-refractivity contribution is 0.308. The Morgan fingerprint density at radius 1 is 1.50 bits per heavy atom. The molecule has 0 fully saturated rings. The van der Waals surface area contributed by atoms with Crippen molar-refractivity contribution < 1.29 is 9.47 Å². The number of rotatable bonds is 5. The second kappa shape index (κ2) is 5.81. The Hall–Kier alpha value is -1.59. The van der Waals surface area contributed by atoms with E-state index in [1.807, 2.05) is 31.6 Å². The van der Waals surface area contributed by atoms with E-state index in [9.17, 15) is 0 Å². The third-order valence-electron chi connectivity index (χ3n) is 3.56. The highest BCUT2D eigenvalue weighted by Crippen LogP contribution is 2.35. The van der Waals surface area contributed by atoms with Gasteiger partial charge in [-0.3, -0.25) is 0 Å². The molecule has 1 unspecified atom stereocenters. The van der Waals surface area contributed by atoms with Crippen LogP contribution < -0.4 is 14.8 Å². The molecule has 0 radical (unpaired) electrons. The van der Waals surface area contributed by atoms with Crippen LogP contribution in [0.5, 0.6) is 11.5 Å². The Morgan fingerprint density at radius 3 is 3.15 bits per heavy atom. The van der Waals surface area contributed by atoms with E-state index < -0.39 is 0 Å². The predicted octanol–water partition coefficient (Wildman–Crippen LogP) is 2.73. The Kier molecular flexibility index (Phi) is 3.89. The van der Waals surface area contributed by atoms with Gasteiger partial charge in [-0.15, -0.1) is 11.3 Å². The molecule has 2 heterocycles. The van der Waals surface area contributed by atoms with E-state index in [-0.39, 0.29) is 0 Å². The molecule has 0 spiro atoms. The lowest BCUT2D eigenvalue weighted by atomic mass is 10.1. The van der Waals surface area contributed by atoms with Crippen molar-refractivity contribution >= 4 is 11.3 Å². The number of aromatic nitrogens is 1. The molecule has 20 heavy (non-hydrogen) atoms. The van der Waals surface area contributed by atoms with Gasteiger partial charge in [0.2, 0.25) is 0 Å². The lowest BCUT2D eigenvalue weighted by Crippen LogP contribution is -2.17. The van der Waals surface area contributed by atoms with Gasteiger partial charge in [-0.25, -0.2) is 4.98 Å². The molecule has 2 aromatic rings. The summed E-state index contributed by atoms with van der Waals surface area (Å²) in [7, 11) is 1.95. The van der Waals surface area contributed by atoms with Crippen LogP contribution in [0.15, 0.2) is 23.7 Å². The van der Waals surface area contributed by atoms with E-state index in [0.717, 1.165) is 23.6 Å². The zero-order valence-corrected chi connectivity index (χ0v) is 12.5. The molecule has 4 nitrogen and oxygen atoms in total. The fraction of sp³-hybridized carbons (Fsp3) is 0.400. The number of likely N-dealkylation sites (N-methyl/N-ethyl adjacent to an activating group) is 1. The molecule has 1 aliphatic heterocycles. The van der Waals surface area contributed by atoms with Crippen LogP contribution in [0.2, 0.25) is 0 Å². The number of nitrogens with one attached hydrogen (secondary N) is 1. The smallest absolute Gasteiger partial charge is 0.127 e. The van der Waals surface area contributed by atoms with Crippen LogP contribution in [0.25, 0.3) is 0 Å². The topological polar surface area (TPSA) is 43.4 Å². The first kappa shape index (κ1) is 13.4. The van der Waals surface area contributed by atoms with Crippen molar-refractivity contribution in [3.63, 3.8) is 0 Å².